The number of carbonyl (C=O) groups is 4. The third-order valence-corrected chi connectivity index (χ3v) is 4.85. The molecule has 2 aliphatic heterocycles. The number of ether oxygens (including phenoxy) is 1. The van der Waals surface area contributed by atoms with E-state index in [2.05, 4.69) is 0 Å². The maximum atomic E-state index is 12.4. The van der Waals surface area contributed by atoms with Crippen LogP contribution in [0.4, 0.5) is 0 Å². The number of imide groups is 1. The van der Waals surface area contributed by atoms with Gasteiger partial charge in [-0.05, 0) is 31.9 Å². The van der Waals surface area contributed by atoms with E-state index in [1.165, 1.54) is 6.92 Å². The maximum Gasteiger partial charge on any atom is 0.329 e. The summed E-state index contributed by atoms with van der Waals surface area (Å²) in [7, 11) is 0. The molecule has 0 N–H and O–H groups in total. The van der Waals surface area contributed by atoms with Crippen LogP contribution in [-0.4, -0.2) is 59.2 Å². The number of hydrogen-bond acceptors (Lipinski definition) is 5. The standard InChI is InChI=1S/C19H22N2O5/c1-13(21-17(23)14-8-4-5-9-15(14)18(21)24)19(25)26-12-16(22)20-10-6-2-3-7-11-20/h4-5,8-9,13H,2-3,6-7,10-12H2,1H3/t13-/m0/s1. The molecular formula is C19H22N2O5. The molecule has 7 heteroatoms. The smallest absolute Gasteiger partial charge is 0.329 e. The molecule has 0 saturated carbocycles. The number of hydrogen-bond donors (Lipinski definition) is 0. The Bertz CT molecular complexity index is 702. The first-order valence-corrected chi connectivity index (χ1v) is 8.92. The minimum Gasteiger partial charge on any atom is -0.454 e. The van der Waals surface area contributed by atoms with Gasteiger partial charge in [-0.2, -0.15) is 0 Å². The highest BCUT2D eigenvalue weighted by atomic mass is 16.5. The van der Waals surface area contributed by atoms with Crippen LogP contribution in [0.3, 0.4) is 0 Å². The Hall–Kier alpha value is -2.70. The molecule has 138 valence electrons. The van der Waals surface area contributed by atoms with Crippen molar-refractivity contribution in [2.24, 2.45) is 0 Å². The van der Waals surface area contributed by atoms with Gasteiger partial charge >= 0.3 is 5.97 Å². The molecule has 26 heavy (non-hydrogen) atoms. The van der Waals surface area contributed by atoms with Crippen molar-refractivity contribution in [1.82, 2.24) is 9.80 Å². The Morgan fingerprint density at radius 3 is 2.08 bits per heavy atom. The van der Waals surface area contributed by atoms with E-state index in [-0.39, 0.29) is 23.6 Å². The fourth-order valence-corrected chi connectivity index (χ4v) is 3.33. The summed E-state index contributed by atoms with van der Waals surface area (Å²) in [4.78, 5) is 51.9. The van der Waals surface area contributed by atoms with Crippen molar-refractivity contribution in [2.45, 2.75) is 38.6 Å². The predicted molar refractivity (Wildman–Crippen MR) is 92.4 cm³/mol. The molecule has 1 saturated heterocycles. The summed E-state index contributed by atoms with van der Waals surface area (Å²) in [6.45, 7) is 2.40. The highest BCUT2D eigenvalue weighted by Gasteiger charge is 2.41. The number of esters is 1. The van der Waals surface area contributed by atoms with E-state index in [0.717, 1.165) is 30.6 Å². The average molecular weight is 358 g/mol. The molecule has 0 spiro atoms. The zero-order valence-electron chi connectivity index (χ0n) is 14.8. The van der Waals surface area contributed by atoms with Crippen LogP contribution in [-0.2, 0) is 14.3 Å². The van der Waals surface area contributed by atoms with Crippen molar-refractivity contribution in [3.63, 3.8) is 0 Å². The zero-order chi connectivity index (χ0) is 18.7. The number of amides is 3. The molecule has 3 amide bonds. The van der Waals surface area contributed by atoms with Gasteiger partial charge in [-0.15, -0.1) is 0 Å². The van der Waals surface area contributed by atoms with Gasteiger partial charge in [-0.3, -0.25) is 19.3 Å². The van der Waals surface area contributed by atoms with Crippen LogP contribution in [0.2, 0.25) is 0 Å². The van der Waals surface area contributed by atoms with Crippen LogP contribution < -0.4 is 0 Å². The van der Waals surface area contributed by atoms with Crippen molar-refractivity contribution < 1.29 is 23.9 Å². The highest BCUT2D eigenvalue weighted by Crippen LogP contribution is 2.24. The lowest BCUT2D eigenvalue weighted by Crippen LogP contribution is -2.45. The molecule has 7 nitrogen and oxygen atoms in total. The van der Waals surface area contributed by atoms with Crippen molar-refractivity contribution in [3.8, 4) is 0 Å². The van der Waals surface area contributed by atoms with Crippen molar-refractivity contribution >= 4 is 23.7 Å². The van der Waals surface area contributed by atoms with Gasteiger partial charge in [0.05, 0.1) is 11.1 Å². The Morgan fingerprint density at radius 1 is 1.00 bits per heavy atom. The maximum absolute atomic E-state index is 12.4. The zero-order valence-corrected chi connectivity index (χ0v) is 14.8. The molecule has 3 rings (SSSR count). The van der Waals surface area contributed by atoms with Crippen LogP contribution in [0.5, 0.6) is 0 Å². The van der Waals surface area contributed by atoms with E-state index >= 15 is 0 Å². The first-order chi connectivity index (χ1) is 12.5. The van der Waals surface area contributed by atoms with Gasteiger partial charge in [0.1, 0.15) is 6.04 Å². The fraction of sp³-hybridized carbons (Fsp3) is 0.474. The second-order valence-corrected chi connectivity index (χ2v) is 6.60. The predicted octanol–water partition coefficient (Wildman–Crippen LogP) is 1.62. The van der Waals surface area contributed by atoms with Gasteiger partial charge in [0.15, 0.2) is 6.61 Å². The van der Waals surface area contributed by atoms with Crippen molar-refractivity contribution in [2.75, 3.05) is 19.7 Å². The van der Waals surface area contributed by atoms with Gasteiger partial charge in [0.25, 0.3) is 17.7 Å². The monoisotopic (exact) mass is 358 g/mol. The molecule has 1 fully saturated rings. The number of carbonyl (C=O) groups excluding carboxylic acids is 4. The minimum atomic E-state index is -1.08. The summed E-state index contributed by atoms with van der Waals surface area (Å²) in [6, 6.07) is 5.35. The topological polar surface area (TPSA) is 84.0 Å². The number of benzene rings is 1. The highest BCUT2D eigenvalue weighted by molar-refractivity contribution is 6.22. The van der Waals surface area contributed by atoms with Crippen LogP contribution in [0.25, 0.3) is 0 Å². The molecule has 2 aliphatic rings. The largest absolute Gasteiger partial charge is 0.454 e. The van der Waals surface area contributed by atoms with Gasteiger partial charge in [-0.25, -0.2) is 4.79 Å². The van der Waals surface area contributed by atoms with Gasteiger partial charge in [0.2, 0.25) is 0 Å². The first kappa shape index (κ1) is 18.1. The van der Waals surface area contributed by atoms with Gasteiger partial charge < -0.3 is 9.64 Å². The summed E-state index contributed by atoms with van der Waals surface area (Å²) in [5, 5.41) is 0. The Balaban J connectivity index is 1.59. The van der Waals surface area contributed by atoms with Crippen molar-refractivity contribution in [3.05, 3.63) is 35.4 Å². The lowest BCUT2D eigenvalue weighted by molar-refractivity contribution is -0.154. The number of nitrogens with zero attached hydrogens (tertiary/aromatic N) is 2. The average Bonchev–Trinajstić information content (AvgIpc) is 2.84. The molecular weight excluding hydrogens is 336 g/mol. The van der Waals surface area contributed by atoms with E-state index in [9.17, 15) is 19.2 Å². The molecule has 0 aromatic heterocycles. The Morgan fingerprint density at radius 2 is 1.54 bits per heavy atom. The summed E-state index contributed by atoms with van der Waals surface area (Å²) in [6.07, 6.45) is 4.09. The quantitative estimate of drug-likeness (QED) is 0.603. The van der Waals surface area contributed by atoms with E-state index in [4.69, 9.17) is 4.74 Å². The third-order valence-electron chi connectivity index (χ3n) is 4.85. The van der Waals surface area contributed by atoms with Gasteiger partial charge in [0, 0.05) is 13.1 Å². The van der Waals surface area contributed by atoms with Crippen molar-refractivity contribution in [1.29, 1.82) is 0 Å². The van der Waals surface area contributed by atoms with E-state index < -0.39 is 23.8 Å². The van der Waals surface area contributed by atoms with Crippen LogP contribution in [0, 0.1) is 0 Å². The number of likely N-dealkylation sites (tertiary alicyclic amines) is 1. The molecule has 0 aliphatic carbocycles. The summed E-state index contributed by atoms with van der Waals surface area (Å²) in [5.74, 6) is -2.04. The molecule has 0 bridgehead atoms. The SMILES string of the molecule is C[C@@H](C(=O)OCC(=O)N1CCCCCC1)N1C(=O)c2ccccc2C1=O. The second-order valence-electron chi connectivity index (χ2n) is 6.60. The summed E-state index contributed by atoms with van der Waals surface area (Å²) in [5.41, 5.74) is 0.551. The first-order valence-electron chi connectivity index (χ1n) is 8.92. The normalized spacial score (nSPS) is 18.3. The van der Waals surface area contributed by atoms with Gasteiger partial charge in [-0.1, -0.05) is 25.0 Å². The molecule has 0 radical (unpaired) electrons. The van der Waals surface area contributed by atoms with Crippen LogP contribution in [0.1, 0.15) is 53.3 Å². The lowest BCUT2D eigenvalue weighted by Gasteiger charge is -2.23. The molecule has 1 aromatic rings. The Labute approximate surface area is 151 Å². The number of fused-ring (bicyclic) bond motifs is 1. The summed E-state index contributed by atoms with van der Waals surface area (Å²) < 4.78 is 5.09. The second kappa shape index (κ2) is 7.68. The van der Waals surface area contributed by atoms with E-state index in [1.54, 1.807) is 29.2 Å². The Kier molecular flexibility index (Phi) is 5.35. The molecule has 1 aromatic carbocycles. The van der Waals surface area contributed by atoms with E-state index in [0.29, 0.717) is 13.1 Å². The van der Waals surface area contributed by atoms with Crippen LogP contribution >= 0.6 is 0 Å². The molecule has 1 atom stereocenters. The molecule has 0 unspecified atom stereocenters. The number of rotatable bonds is 4. The minimum absolute atomic E-state index is 0.241. The fourth-order valence-electron chi connectivity index (χ4n) is 3.33. The van der Waals surface area contributed by atoms with E-state index in [1.807, 2.05) is 0 Å². The molecule has 2 heterocycles. The summed E-state index contributed by atoms with van der Waals surface area (Å²) >= 11 is 0. The van der Waals surface area contributed by atoms with Crippen LogP contribution in [0.15, 0.2) is 24.3 Å². The third kappa shape index (κ3) is 3.47. The lowest BCUT2D eigenvalue weighted by atomic mass is 10.1.